The van der Waals surface area contributed by atoms with Crippen molar-refractivity contribution in [3.05, 3.63) is 0 Å². The van der Waals surface area contributed by atoms with Gasteiger partial charge in [-0.15, -0.1) is 0 Å². The molecule has 88 valence electrons. The van der Waals surface area contributed by atoms with E-state index >= 15 is 0 Å². The second kappa shape index (κ2) is 6.64. The van der Waals surface area contributed by atoms with Crippen LogP contribution in [-0.2, 0) is 0 Å². The summed E-state index contributed by atoms with van der Waals surface area (Å²) in [5.41, 5.74) is 0. The summed E-state index contributed by atoms with van der Waals surface area (Å²) >= 11 is -0.261. The summed E-state index contributed by atoms with van der Waals surface area (Å²) in [6, 6.07) is 0. The summed E-state index contributed by atoms with van der Waals surface area (Å²) in [5, 5.41) is 0.856. The van der Waals surface area contributed by atoms with Crippen molar-refractivity contribution in [2.75, 3.05) is 0 Å². The fraction of sp³-hybridized carbons (Fsp3) is 1.00. The van der Waals surface area contributed by atoms with Gasteiger partial charge in [-0.05, 0) is 0 Å². The molecule has 0 spiro atoms. The molecule has 15 heavy (non-hydrogen) atoms. The van der Waals surface area contributed by atoms with Crippen LogP contribution in [0.25, 0.3) is 0 Å². The molecule has 7 heteroatoms. The molecular formula is C8H12AlF6+. The van der Waals surface area contributed by atoms with Crippen LogP contribution >= 0.6 is 0 Å². The predicted molar refractivity (Wildman–Crippen MR) is 45.9 cm³/mol. The molecule has 0 N–H and O–H groups in total. The third-order valence-electron chi connectivity index (χ3n) is 1.74. The zero-order valence-corrected chi connectivity index (χ0v) is 9.24. The van der Waals surface area contributed by atoms with Crippen LogP contribution in [0.15, 0.2) is 0 Å². The molecule has 0 aromatic carbocycles. The first kappa shape index (κ1) is 15.1. The monoisotopic (exact) mass is 249 g/mol. The fourth-order valence-electron chi connectivity index (χ4n) is 1.04. The Labute approximate surface area is 90.7 Å². The Hall–Kier alpha value is 0.112. The van der Waals surface area contributed by atoms with E-state index in [-0.39, 0.29) is 28.1 Å². The van der Waals surface area contributed by atoms with Gasteiger partial charge >= 0.3 is 90.2 Å². The Balaban J connectivity index is 3.20. The number of hydrogen-bond acceptors (Lipinski definition) is 0. The number of rotatable bonds is 6. The third kappa shape index (κ3) is 14.1. The topological polar surface area (TPSA) is 0 Å². The SMILES string of the molecule is FC(F)(F)CC[CH2][Al+][CH2]CCC(F)(F)F. The fourth-order valence-corrected chi connectivity index (χ4v) is 2.31. The maximum absolute atomic E-state index is 11.6. The van der Waals surface area contributed by atoms with Gasteiger partial charge in [-0.3, -0.25) is 0 Å². The van der Waals surface area contributed by atoms with Gasteiger partial charge in [0.1, 0.15) is 0 Å². The van der Waals surface area contributed by atoms with Crippen LogP contribution in [0.4, 0.5) is 26.3 Å². The van der Waals surface area contributed by atoms with Crippen molar-refractivity contribution in [1.29, 1.82) is 0 Å². The van der Waals surface area contributed by atoms with E-state index in [0.717, 1.165) is 0 Å². The molecule has 0 radical (unpaired) electrons. The molecule has 0 amide bonds. The van der Waals surface area contributed by atoms with Crippen molar-refractivity contribution in [2.24, 2.45) is 0 Å². The summed E-state index contributed by atoms with van der Waals surface area (Å²) in [7, 11) is 0. The van der Waals surface area contributed by atoms with E-state index in [4.69, 9.17) is 0 Å². The quantitative estimate of drug-likeness (QED) is 0.375. The molecule has 0 saturated heterocycles. The number of alkyl halides is 6. The zero-order valence-electron chi connectivity index (χ0n) is 8.09. The van der Waals surface area contributed by atoms with E-state index in [2.05, 4.69) is 0 Å². The molecule has 0 nitrogen and oxygen atoms in total. The van der Waals surface area contributed by atoms with Gasteiger partial charge in [0, 0.05) is 0 Å². The molecule has 0 aromatic rings. The molecule has 0 rings (SSSR count). The van der Waals surface area contributed by atoms with Crippen molar-refractivity contribution in [1.82, 2.24) is 0 Å². The molecule has 0 aliphatic rings. The summed E-state index contributed by atoms with van der Waals surface area (Å²) < 4.78 is 69.9. The molecule has 0 aliphatic heterocycles. The molecule has 0 fully saturated rings. The Bertz CT molecular complexity index is 143. The van der Waals surface area contributed by atoms with Gasteiger partial charge < -0.3 is 0 Å². The standard InChI is InChI=1S/2C4H6F3.Al/c2*1-2-3-4(5,6)7;/h2*1-3H2;/q;;+1. The Morgan fingerprint density at radius 1 is 0.667 bits per heavy atom. The van der Waals surface area contributed by atoms with Gasteiger partial charge in [0.25, 0.3) is 0 Å². The molecule has 0 aromatic heterocycles. The molecule has 0 atom stereocenters. The second-order valence-electron chi connectivity index (χ2n) is 3.30. The van der Waals surface area contributed by atoms with Gasteiger partial charge in [-0.1, -0.05) is 0 Å². The van der Waals surface area contributed by atoms with Gasteiger partial charge in [-0.2, -0.15) is 0 Å². The van der Waals surface area contributed by atoms with Crippen LogP contribution in [0.5, 0.6) is 0 Å². The first-order valence-electron chi connectivity index (χ1n) is 4.66. The third-order valence-corrected chi connectivity index (χ3v) is 3.37. The minimum atomic E-state index is -4.13. The van der Waals surface area contributed by atoms with Crippen molar-refractivity contribution >= 4 is 15.2 Å². The van der Waals surface area contributed by atoms with Crippen LogP contribution in [0.2, 0.25) is 10.6 Å². The first-order valence-corrected chi connectivity index (χ1v) is 6.29. The summed E-state index contributed by atoms with van der Waals surface area (Å²) in [6.45, 7) is 0. The predicted octanol–water partition coefficient (Wildman–Crippen LogP) is 4.21. The summed E-state index contributed by atoms with van der Waals surface area (Å²) in [4.78, 5) is 0. The van der Waals surface area contributed by atoms with E-state index < -0.39 is 25.2 Å². The number of hydrogen-bond donors (Lipinski definition) is 0. The van der Waals surface area contributed by atoms with Crippen LogP contribution < -0.4 is 0 Å². The van der Waals surface area contributed by atoms with Crippen LogP contribution in [0.1, 0.15) is 25.7 Å². The van der Waals surface area contributed by atoms with E-state index in [1.54, 1.807) is 0 Å². The summed E-state index contributed by atoms with van der Waals surface area (Å²) in [5.74, 6) is 0. The summed E-state index contributed by atoms with van der Waals surface area (Å²) in [6.07, 6.45) is -9.81. The van der Waals surface area contributed by atoms with Crippen molar-refractivity contribution in [2.45, 2.75) is 48.6 Å². The second-order valence-corrected chi connectivity index (χ2v) is 5.04. The van der Waals surface area contributed by atoms with Crippen LogP contribution in [-0.4, -0.2) is 27.6 Å². The van der Waals surface area contributed by atoms with Crippen molar-refractivity contribution < 1.29 is 26.3 Å². The van der Waals surface area contributed by atoms with Gasteiger partial charge in [-0.25, -0.2) is 0 Å². The van der Waals surface area contributed by atoms with Crippen molar-refractivity contribution in [3.8, 4) is 0 Å². The van der Waals surface area contributed by atoms with E-state index in [1.807, 2.05) is 0 Å². The Morgan fingerprint density at radius 3 is 1.27 bits per heavy atom. The van der Waals surface area contributed by atoms with Gasteiger partial charge in [0.05, 0.1) is 0 Å². The van der Waals surface area contributed by atoms with Crippen LogP contribution in [0, 0.1) is 0 Å². The molecule has 0 unspecified atom stereocenters. The van der Waals surface area contributed by atoms with E-state index in [0.29, 0.717) is 10.6 Å². The molecule has 0 bridgehead atoms. The first-order chi connectivity index (χ1) is 6.71. The Morgan fingerprint density at radius 2 is 1.00 bits per heavy atom. The Kier molecular flexibility index (Phi) is 6.69. The van der Waals surface area contributed by atoms with E-state index in [1.165, 1.54) is 0 Å². The minimum absolute atomic E-state index is 0.0465. The van der Waals surface area contributed by atoms with Crippen LogP contribution in [0.3, 0.4) is 0 Å². The normalized spacial score (nSPS) is 12.7. The maximum atomic E-state index is 11.6. The average Bonchev–Trinajstić information content (AvgIpc) is 1.98. The number of halogens is 6. The molecule has 0 saturated carbocycles. The average molecular weight is 249 g/mol. The van der Waals surface area contributed by atoms with Crippen molar-refractivity contribution in [3.63, 3.8) is 0 Å². The zero-order chi connectivity index (χ0) is 11.9. The van der Waals surface area contributed by atoms with E-state index in [9.17, 15) is 26.3 Å². The molecule has 0 heterocycles. The van der Waals surface area contributed by atoms with Gasteiger partial charge in [0.15, 0.2) is 0 Å². The van der Waals surface area contributed by atoms with Gasteiger partial charge in [0.2, 0.25) is 0 Å². The molecule has 0 aliphatic carbocycles. The molecular weight excluding hydrogens is 237 g/mol.